The van der Waals surface area contributed by atoms with Crippen LogP contribution in [0.2, 0.25) is 0 Å². The average molecular weight is 423 g/mol. The van der Waals surface area contributed by atoms with Gasteiger partial charge in [0.1, 0.15) is 0 Å². The molecule has 0 aliphatic heterocycles. The molecule has 0 unspecified atom stereocenters. The number of allylic oxidation sites excluding steroid dienone is 1. The molecule has 0 amide bonds. The van der Waals surface area contributed by atoms with Gasteiger partial charge in [-0.05, 0) is 35.4 Å². The normalized spacial score (nSPS) is 11.3. The monoisotopic (exact) mass is 423 g/mol. The molecule has 0 bridgehead atoms. The number of hydrogen-bond acceptors (Lipinski definition) is 4. The Kier molecular flexibility index (Phi) is 5.51. The number of hydrogen-bond donors (Lipinski definition) is 1. The Morgan fingerprint density at radius 1 is 1.06 bits per heavy atom. The van der Waals surface area contributed by atoms with Gasteiger partial charge in [-0.25, -0.2) is 4.79 Å². The molecule has 1 aromatic heterocycles. The van der Waals surface area contributed by atoms with Crippen LogP contribution < -0.4 is 0 Å². The number of nitro benzene ring substituents is 1. The molecule has 0 saturated carbocycles. The van der Waals surface area contributed by atoms with Gasteiger partial charge in [0.2, 0.25) is 0 Å². The molecule has 0 aliphatic rings. The van der Waals surface area contributed by atoms with Crippen molar-refractivity contribution in [1.29, 1.82) is 5.26 Å². The van der Waals surface area contributed by atoms with Gasteiger partial charge in [-0.1, -0.05) is 42.5 Å². The summed E-state index contributed by atoms with van der Waals surface area (Å²) in [6, 6.07) is 22.6. The second kappa shape index (κ2) is 8.58. The highest BCUT2D eigenvalue weighted by Crippen LogP contribution is 2.28. The Balaban J connectivity index is 1.78. The smallest absolute Gasteiger partial charge is 0.335 e. The highest BCUT2D eigenvalue weighted by atomic mass is 16.6. The molecule has 0 saturated heterocycles. The summed E-state index contributed by atoms with van der Waals surface area (Å²) in [6.45, 7) is 0.453. The van der Waals surface area contributed by atoms with Gasteiger partial charge in [0, 0.05) is 41.3 Å². The molecule has 4 aromatic rings. The summed E-state index contributed by atoms with van der Waals surface area (Å²) in [7, 11) is 0. The summed E-state index contributed by atoms with van der Waals surface area (Å²) in [4.78, 5) is 21.9. The molecule has 0 radical (unpaired) electrons. The highest BCUT2D eigenvalue weighted by molar-refractivity contribution is 5.98. The lowest BCUT2D eigenvalue weighted by molar-refractivity contribution is -0.384. The lowest BCUT2D eigenvalue weighted by Crippen LogP contribution is -2.01. The van der Waals surface area contributed by atoms with Crippen molar-refractivity contribution in [3.63, 3.8) is 0 Å². The van der Waals surface area contributed by atoms with E-state index in [2.05, 4.69) is 6.07 Å². The zero-order valence-electron chi connectivity index (χ0n) is 16.8. The van der Waals surface area contributed by atoms with E-state index < -0.39 is 10.9 Å². The molecule has 156 valence electrons. The van der Waals surface area contributed by atoms with Crippen molar-refractivity contribution in [2.45, 2.75) is 6.54 Å². The van der Waals surface area contributed by atoms with E-state index in [1.807, 2.05) is 41.1 Å². The maximum atomic E-state index is 11.3. The summed E-state index contributed by atoms with van der Waals surface area (Å²) < 4.78 is 1.99. The Bertz CT molecular complexity index is 1430. The minimum Gasteiger partial charge on any atom is -0.478 e. The predicted molar refractivity (Wildman–Crippen MR) is 121 cm³/mol. The van der Waals surface area contributed by atoms with E-state index in [0.29, 0.717) is 17.7 Å². The number of aromatic nitrogens is 1. The van der Waals surface area contributed by atoms with E-state index in [4.69, 9.17) is 0 Å². The van der Waals surface area contributed by atoms with Crippen molar-refractivity contribution in [3.05, 3.63) is 111 Å². The standard InChI is InChI=1S/C25H17N3O4/c26-14-20(18-6-4-8-22(13-18)28(31)32)12-21-16-27(24-10-2-1-9-23(21)24)15-17-5-3-7-19(11-17)25(29)30/h1-13,16H,15H2,(H,29,30). The lowest BCUT2D eigenvalue weighted by Gasteiger charge is -2.06. The van der Waals surface area contributed by atoms with Crippen LogP contribution in [-0.2, 0) is 6.54 Å². The first-order chi connectivity index (χ1) is 15.5. The van der Waals surface area contributed by atoms with Crippen molar-refractivity contribution in [3.8, 4) is 6.07 Å². The van der Waals surface area contributed by atoms with Crippen LogP contribution in [0.15, 0.2) is 79.0 Å². The number of carboxylic acid groups (broad SMARTS) is 1. The van der Waals surface area contributed by atoms with Gasteiger partial charge in [0.15, 0.2) is 0 Å². The third kappa shape index (κ3) is 4.11. The minimum atomic E-state index is -0.983. The maximum Gasteiger partial charge on any atom is 0.335 e. The number of benzene rings is 3. The molecule has 7 nitrogen and oxygen atoms in total. The SMILES string of the molecule is N#CC(=Cc1cn(Cc2cccc(C(=O)O)c2)c2ccccc12)c1cccc([N+](=O)[O-])c1. The summed E-state index contributed by atoms with van der Waals surface area (Å²) in [5.74, 6) is -0.983. The minimum absolute atomic E-state index is 0.0793. The van der Waals surface area contributed by atoms with Crippen LogP contribution >= 0.6 is 0 Å². The van der Waals surface area contributed by atoms with E-state index >= 15 is 0 Å². The van der Waals surface area contributed by atoms with Crippen LogP contribution in [0.1, 0.15) is 27.0 Å². The summed E-state index contributed by atoms with van der Waals surface area (Å²) in [5.41, 5.74) is 3.47. The summed E-state index contributed by atoms with van der Waals surface area (Å²) in [5, 5.41) is 31.0. The van der Waals surface area contributed by atoms with Gasteiger partial charge >= 0.3 is 5.97 Å². The second-order valence-electron chi connectivity index (χ2n) is 7.21. The van der Waals surface area contributed by atoms with E-state index in [-0.39, 0.29) is 11.3 Å². The Labute approximate surface area is 183 Å². The number of carbonyl (C=O) groups is 1. The van der Waals surface area contributed by atoms with Crippen LogP contribution in [-0.4, -0.2) is 20.6 Å². The fourth-order valence-electron chi connectivity index (χ4n) is 3.64. The number of aromatic carboxylic acids is 1. The second-order valence-corrected chi connectivity index (χ2v) is 7.21. The van der Waals surface area contributed by atoms with Gasteiger partial charge in [0.25, 0.3) is 5.69 Å². The van der Waals surface area contributed by atoms with Crippen LogP contribution in [0.3, 0.4) is 0 Å². The zero-order valence-corrected chi connectivity index (χ0v) is 16.8. The maximum absolute atomic E-state index is 11.3. The van der Waals surface area contributed by atoms with Crippen LogP contribution in [0, 0.1) is 21.4 Å². The van der Waals surface area contributed by atoms with Crippen molar-refractivity contribution in [2.24, 2.45) is 0 Å². The number of non-ortho nitro benzene ring substituents is 1. The Morgan fingerprint density at radius 2 is 1.81 bits per heavy atom. The largest absolute Gasteiger partial charge is 0.478 e. The molecular formula is C25H17N3O4. The molecule has 32 heavy (non-hydrogen) atoms. The number of rotatable bonds is 6. The lowest BCUT2D eigenvalue weighted by atomic mass is 10.0. The molecule has 0 aliphatic carbocycles. The molecule has 1 heterocycles. The number of para-hydroxylation sites is 1. The zero-order chi connectivity index (χ0) is 22.7. The van der Waals surface area contributed by atoms with Gasteiger partial charge in [-0.2, -0.15) is 5.26 Å². The topological polar surface area (TPSA) is 109 Å². The predicted octanol–water partition coefficient (Wildman–Crippen LogP) is 5.36. The number of carboxylic acids is 1. The van der Waals surface area contributed by atoms with E-state index in [1.165, 1.54) is 12.1 Å². The Morgan fingerprint density at radius 3 is 2.56 bits per heavy atom. The molecule has 0 spiro atoms. The number of nitrogens with zero attached hydrogens (tertiary/aromatic N) is 3. The van der Waals surface area contributed by atoms with E-state index in [1.54, 1.807) is 36.4 Å². The molecule has 0 atom stereocenters. The van der Waals surface area contributed by atoms with Crippen LogP contribution in [0.25, 0.3) is 22.6 Å². The van der Waals surface area contributed by atoms with Crippen molar-refractivity contribution >= 4 is 34.2 Å². The highest BCUT2D eigenvalue weighted by Gasteiger charge is 2.12. The Hall–Kier alpha value is -4.70. The number of fused-ring (bicyclic) bond motifs is 1. The summed E-state index contributed by atoms with van der Waals surface area (Å²) in [6.07, 6.45) is 3.61. The van der Waals surface area contributed by atoms with Crippen LogP contribution in [0.4, 0.5) is 5.69 Å². The first kappa shape index (κ1) is 20.6. The molecular weight excluding hydrogens is 406 g/mol. The first-order valence-corrected chi connectivity index (χ1v) is 9.73. The van der Waals surface area contributed by atoms with Gasteiger partial charge in [0.05, 0.1) is 22.1 Å². The number of nitro groups is 1. The summed E-state index contributed by atoms with van der Waals surface area (Å²) >= 11 is 0. The first-order valence-electron chi connectivity index (χ1n) is 9.73. The molecule has 7 heteroatoms. The quantitative estimate of drug-likeness (QED) is 0.255. The van der Waals surface area contributed by atoms with Crippen LogP contribution in [0.5, 0.6) is 0 Å². The van der Waals surface area contributed by atoms with E-state index in [9.17, 15) is 25.3 Å². The van der Waals surface area contributed by atoms with Crippen molar-refractivity contribution in [1.82, 2.24) is 4.57 Å². The fourth-order valence-corrected chi connectivity index (χ4v) is 3.64. The van der Waals surface area contributed by atoms with Crippen molar-refractivity contribution in [2.75, 3.05) is 0 Å². The van der Waals surface area contributed by atoms with Gasteiger partial charge in [-0.3, -0.25) is 10.1 Å². The average Bonchev–Trinajstić information content (AvgIpc) is 3.14. The molecule has 4 rings (SSSR count). The third-order valence-electron chi connectivity index (χ3n) is 5.13. The van der Waals surface area contributed by atoms with E-state index in [0.717, 1.165) is 22.0 Å². The van der Waals surface area contributed by atoms with Gasteiger partial charge < -0.3 is 9.67 Å². The molecule has 0 fully saturated rings. The number of nitriles is 1. The van der Waals surface area contributed by atoms with Gasteiger partial charge in [-0.15, -0.1) is 0 Å². The third-order valence-corrected chi connectivity index (χ3v) is 5.13. The molecule has 3 aromatic carbocycles. The fraction of sp³-hybridized carbons (Fsp3) is 0.0400. The van der Waals surface area contributed by atoms with Crippen molar-refractivity contribution < 1.29 is 14.8 Å². The molecule has 1 N–H and O–H groups in total.